The van der Waals surface area contributed by atoms with Gasteiger partial charge in [-0.15, -0.1) is 0 Å². The molecule has 0 unspecified atom stereocenters. The standard InChI is InChI=1S/C12H22N2O4S/c1-8(11(17)18-12(2,3)4)14-10(16)5-6-19-7-9(13)15/h8H,5-7H2,1-4H3,(H2,13,15)(H,14,16)/t8-/m1/s1. The Morgan fingerprint density at radius 2 is 1.89 bits per heavy atom. The van der Waals surface area contributed by atoms with Gasteiger partial charge in [0.25, 0.3) is 0 Å². The van der Waals surface area contributed by atoms with Crippen molar-refractivity contribution >= 4 is 29.5 Å². The van der Waals surface area contributed by atoms with Gasteiger partial charge in [-0.2, -0.15) is 11.8 Å². The van der Waals surface area contributed by atoms with Crippen molar-refractivity contribution in [2.24, 2.45) is 5.73 Å². The second kappa shape index (κ2) is 8.04. The molecule has 0 aromatic carbocycles. The topological polar surface area (TPSA) is 98.5 Å². The zero-order valence-electron chi connectivity index (χ0n) is 11.8. The van der Waals surface area contributed by atoms with E-state index in [0.29, 0.717) is 5.75 Å². The Morgan fingerprint density at radius 3 is 2.37 bits per heavy atom. The van der Waals surface area contributed by atoms with Gasteiger partial charge in [-0.3, -0.25) is 9.59 Å². The number of amides is 2. The third-order valence-corrected chi connectivity index (χ3v) is 2.84. The molecular formula is C12H22N2O4S. The first kappa shape index (κ1) is 17.8. The lowest BCUT2D eigenvalue weighted by molar-refractivity contribution is -0.158. The molecule has 0 aromatic rings. The Labute approximate surface area is 117 Å². The number of carbonyl (C=O) groups is 3. The highest BCUT2D eigenvalue weighted by Crippen LogP contribution is 2.08. The van der Waals surface area contributed by atoms with E-state index >= 15 is 0 Å². The van der Waals surface area contributed by atoms with Crippen molar-refractivity contribution in [3.8, 4) is 0 Å². The minimum atomic E-state index is -0.687. The van der Waals surface area contributed by atoms with Crippen molar-refractivity contribution in [1.82, 2.24) is 5.32 Å². The second-order valence-corrected chi connectivity index (χ2v) is 6.20. The monoisotopic (exact) mass is 290 g/mol. The minimum Gasteiger partial charge on any atom is -0.458 e. The maximum Gasteiger partial charge on any atom is 0.328 e. The highest BCUT2D eigenvalue weighted by Gasteiger charge is 2.22. The van der Waals surface area contributed by atoms with Gasteiger partial charge in [0.2, 0.25) is 11.8 Å². The van der Waals surface area contributed by atoms with Crippen molar-refractivity contribution in [1.29, 1.82) is 0 Å². The van der Waals surface area contributed by atoms with Crippen LogP contribution in [-0.4, -0.2) is 40.9 Å². The Hall–Kier alpha value is -1.24. The summed E-state index contributed by atoms with van der Waals surface area (Å²) in [5, 5.41) is 2.55. The molecule has 19 heavy (non-hydrogen) atoms. The van der Waals surface area contributed by atoms with Crippen LogP contribution in [0.4, 0.5) is 0 Å². The Morgan fingerprint density at radius 1 is 1.32 bits per heavy atom. The molecule has 0 radical (unpaired) electrons. The molecular weight excluding hydrogens is 268 g/mol. The molecule has 0 aliphatic heterocycles. The van der Waals surface area contributed by atoms with Crippen LogP contribution in [0.3, 0.4) is 0 Å². The van der Waals surface area contributed by atoms with Crippen molar-refractivity contribution in [3.05, 3.63) is 0 Å². The third-order valence-electron chi connectivity index (χ3n) is 1.86. The molecule has 1 atom stereocenters. The number of nitrogens with two attached hydrogens (primary N) is 1. The van der Waals surface area contributed by atoms with Crippen LogP contribution in [0.25, 0.3) is 0 Å². The Bertz CT molecular complexity index is 339. The number of esters is 1. The van der Waals surface area contributed by atoms with Crippen LogP contribution in [0.1, 0.15) is 34.1 Å². The number of rotatable bonds is 7. The van der Waals surface area contributed by atoms with Gasteiger partial charge in [0.1, 0.15) is 11.6 Å². The summed E-state index contributed by atoms with van der Waals surface area (Å²) in [6.07, 6.45) is 0.227. The van der Waals surface area contributed by atoms with Gasteiger partial charge in [0.05, 0.1) is 5.75 Å². The fourth-order valence-corrected chi connectivity index (χ4v) is 1.78. The average Bonchev–Trinajstić information content (AvgIpc) is 2.21. The number of thioether (sulfide) groups is 1. The van der Waals surface area contributed by atoms with E-state index in [9.17, 15) is 14.4 Å². The van der Waals surface area contributed by atoms with Crippen LogP contribution in [0.2, 0.25) is 0 Å². The van der Waals surface area contributed by atoms with E-state index < -0.39 is 23.5 Å². The predicted molar refractivity (Wildman–Crippen MR) is 74.6 cm³/mol. The normalized spacial score (nSPS) is 12.6. The van der Waals surface area contributed by atoms with Gasteiger partial charge in [-0.05, 0) is 27.7 Å². The maximum atomic E-state index is 11.6. The zero-order valence-corrected chi connectivity index (χ0v) is 12.6. The number of ether oxygens (including phenoxy) is 1. The molecule has 0 aromatic heterocycles. The molecule has 3 N–H and O–H groups in total. The van der Waals surface area contributed by atoms with E-state index in [4.69, 9.17) is 10.5 Å². The molecule has 6 nitrogen and oxygen atoms in total. The molecule has 0 spiro atoms. The zero-order chi connectivity index (χ0) is 15.1. The Kier molecular flexibility index (Phi) is 7.51. The van der Waals surface area contributed by atoms with Crippen molar-refractivity contribution in [3.63, 3.8) is 0 Å². The van der Waals surface area contributed by atoms with E-state index in [-0.39, 0.29) is 18.1 Å². The van der Waals surface area contributed by atoms with Gasteiger partial charge in [-0.25, -0.2) is 4.79 Å². The largest absolute Gasteiger partial charge is 0.458 e. The van der Waals surface area contributed by atoms with Crippen LogP contribution in [0.15, 0.2) is 0 Å². The summed E-state index contributed by atoms with van der Waals surface area (Å²) < 4.78 is 5.14. The van der Waals surface area contributed by atoms with Gasteiger partial charge < -0.3 is 15.8 Å². The molecule has 0 heterocycles. The van der Waals surface area contributed by atoms with Crippen molar-refractivity contribution < 1.29 is 19.1 Å². The van der Waals surface area contributed by atoms with Gasteiger partial charge >= 0.3 is 5.97 Å². The summed E-state index contributed by atoms with van der Waals surface area (Å²) in [5.41, 5.74) is 4.39. The second-order valence-electron chi connectivity index (χ2n) is 5.09. The molecule has 0 fully saturated rings. The van der Waals surface area contributed by atoms with Crippen LogP contribution in [0.5, 0.6) is 0 Å². The highest BCUT2D eigenvalue weighted by molar-refractivity contribution is 7.99. The number of carbonyl (C=O) groups excluding carboxylic acids is 3. The summed E-state index contributed by atoms with van der Waals surface area (Å²) in [4.78, 5) is 33.6. The minimum absolute atomic E-state index is 0.189. The van der Waals surface area contributed by atoms with E-state index in [1.54, 1.807) is 27.7 Å². The number of nitrogens with one attached hydrogen (secondary N) is 1. The van der Waals surface area contributed by atoms with Crippen molar-refractivity contribution in [2.75, 3.05) is 11.5 Å². The molecule has 0 rings (SSSR count). The fourth-order valence-electron chi connectivity index (χ4n) is 1.10. The molecule has 7 heteroatoms. The number of hydrogen-bond acceptors (Lipinski definition) is 5. The van der Waals surface area contributed by atoms with E-state index in [0.717, 1.165) is 0 Å². The summed E-state index contributed by atoms with van der Waals surface area (Å²) in [7, 11) is 0. The first-order chi connectivity index (χ1) is 8.61. The first-order valence-electron chi connectivity index (χ1n) is 6.00. The summed E-state index contributed by atoms with van der Waals surface area (Å²) in [6.45, 7) is 6.86. The average molecular weight is 290 g/mol. The predicted octanol–water partition coefficient (Wildman–Crippen LogP) is 0.441. The fraction of sp³-hybridized carbons (Fsp3) is 0.750. The van der Waals surface area contributed by atoms with E-state index in [1.165, 1.54) is 11.8 Å². The molecule has 110 valence electrons. The van der Waals surface area contributed by atoms with Gasteiger partial charge in [-0.1, -0.05) is 0 Å². The van der Waals surface area contributed by atoms with E-state index in [1.807, 2.05) is 0 Å². The van der Waals surface area contributed by atoms with E-state index in [2.05, 4.69) is 5.32 Å². The van der Waals surface area contributed by atoms with Crippen molar-refractivity contribution in [2.45, 2.75) is 45.8 Å². The number of primary amides is 1. The highest BCUT2D eigenvalue weighted by atomic mass is 32.2. The SMILES string of the molecule is C[C@@H](NC(=O)CCSCC(N)=O)C(=O)OC(C)(C)C. The summed E-state index contributed by atoms with van der Waals surface area (Å²) >= 11 is 1.28. The lowest BCUT2D eigenvalue weighted by atomic mass is 10.2. The smallest absolute Gasteiger partial charge is 0.328 e. The van der Waals surface area contributed by atoms with Crippen LogP contribution in [-0.2, 0) is 19.1 Å². The van der Waals surface area contributed by atoms with Gasteiger partial charge in [0, 0.05) is 12.2 Å². The van der Waals surface area contributed by atoms with Crippen LogP contribution < -0.4 is 11.1 Å². The summed E-state index contributed by atoms with van der Waals surface area (Å²) in [5.74, 6) is -0.460. The molecule has 0 saturated heterocycles. The maximum absolute atomic E-state index is 11.6. The van der Waals surface area contributed by atoms with Crippen LogP contribution >= 0.6 is 11.8 Å². The first-order valence-corrected chi connectivity index (χ1v) is 7.15. The molecule has 2 amide bonds. The lowest BCUT2D eigenvalue weighted by Crippen LogP contribution is -2.42. The molecule has 0 aliphatic carbocycles. The summed E-state index contributed by atoms with van der Waals surface area (Å²) in [6, 6.07) is -0.687. The molecule has 0 aliphatic rings. The molecule has 0 saturated carbocycles. The molecule has 0 bridgehead atoms. The Balaban J connectivity index is 3.92. The van der Waals surface area contributed by atoms with Crippen LogP contribution in [0, 0.1) is 0 Å². The quantitative estimate of drug-likeness (QED) is 0.523. The third kappa shape index (κ3) is 10.4. The van der Waals surface area contributed by atoms with Gasteiger partial charge in [0.15, 0.2) is 0 Å². The lowest BCUT2D eigenvalue weighted by Gasteiger charge is -2.22. The number of hydrogen-bond donors (Lipinski definition) is 2.